The summed E-state index contributed by atoms with van der Waals surface area (Å²) in [5, 5.41) is 1.90. The lowest BCUT2D eigenvalue weighted by Crippen LogP contribution is -2.71. The van der Waals surface area contributed by atoms with Crippen LogP contribution in [0.15, 0.2) is 17.5 Å². The van der Waals surface area contributed by atoms with Crippen molar-refractivity contribution in [1.82, 2.24) is 4.90 Å². The van der Waals surface area contributed by atoms with E-state index in [-0.39, 0.29) is 23.3 Å². The predicted molar refractivity (Wildman–Crippen MR) is 84.0 cm³/mol. The van der Waals surface area contributed by atoms with Crippen molar-refractivity contribution in [1.29, 1.82) is 0 Å². The van der Waals surface area contributed by atoms with Crippen LogP contribution in [-0.4, -0.2) is 41.4 Å². The second-order valence-electron chi connectivity index (χ2n) is 6.72. The summed E-state index contributed by atoms with van der Waals surface area (Å²) in [6.45, 7) is 1.57. The first kappa shape index (κ1) is 14.4. The summed E-state index contributed by atoms with van der Waals surface area (Å²) in [7, 11) is 0. The average Bonchev–Trinajstić information content (AvgIpc) is 3.00. The molecule has 22 heavy (non-hydrogen) atoms. The lowest BCUT2D eigenvalue weighted by atomic mass is 9.77. The molecule has 1 saturated carbocycles. The van der Waals surface area contributed by atoms with Crippen molar-refractivity contribution < 1.29 is 14.3 Å². The third-order valence-electron chi connectivity index (χ3n) is 5.20. The largest absolute Gasteiger partial charge is 0.371 e. The number of ketones is 1. The molecule has 2 atom stereocenters. The zero-order valence-corrected chi connectivity index (χ0v) is 13.4. The van der Waals surface area contributed by atoms with Crippen molar-refractivity contribution in [2.75, 3.05) is 13.2 Å². The molecule has 2 saturated heterocycles. The fourth-order valence-corrected chi connectivity index (χ4v) is 4.69. The summed E-state index contributed by atoms with van der Waals surface area (Å²) in [6.07, 6.45) is 5.28. The third kappa shape index (κ3) is 2.40. The molecule has 3 aliphatic rings. The van der Waals surface area contributed by atoms with Crippen LogP contribution >= 0.6 is 11.3 Å². The van der Waals surface area contributed by atoms with Gasteiger partial charge >= 0.3 is 0 Å². The standard InChI is InChI=1S/C17H21NO3S/c19-13(14-3-1-10-22-14)6-7-15(20)18-11-17(8-2-9-21-17)16(18)12-4-5-12/h1,3,10,12,16H,2,4-9,11H2/t16-,17-/m1/s1. The monoisotopic (exact) mass is 319 g/mol. The van der Waals surface area contributed by atoms with Crippen molar-refractivity contribution >= 4 is 23.0 Å². The highest BCUT2D eigenvalue weighted by Gasteiger charge is 2.61. The topological polar surface area (TPSA) is 46.6 Å². The maximum Gasteiger partial charge on any atom is 0.223 e. The minimum Gasteiger partial charge on any atom is -0.371 e. The summed E-state index contributed by atoms with van der Waals surface area (Å²) < 4.78 is 6.00. The Kier molecular flexibility index (Phi) is 3.57. The van der Waals surface area contributed by atoms with Gasteiger partial charge in [0.1, 0.15) is 5.60 Å². The van der Waals surface area contributed by atoms with Crippen LogP contribution in [0.3, 0.4) is 0 Å². The molecule has 1 amide bonds. The molecule has 4 rings (SSSR count). The molecule has 1 aliphatic carbocycles. The highest BCUT2D eigenvalue weighted by molar-refractivity contribution is 7.12. The average molecular weight is 319 g/mol. The first-order valence-electron chi connectivity index (χ1n) is 8.20. The number of carbonyl (C=O) groups excluding carboxylic acids is 2. The van der Waals surface area contributed by atoms with Gasteiger partial charge in [0.2, 0.25) is 5.91 Å². The van der Waals surface area contributed by atoms with Gasteiger partial charge in [-0.1, -0.05) is 6.07 Å². The number of hydrogen-bond acceptors (Lipinski definition) is 4. The second-order valence-corrected chi connectivity index (χ2v) is 7.67. The maximum absolute atomic E-state index is 12.5. The van der Waals surface area contributed by atoms with Gasteiger partial charge in [-0.2, -0.15) is 0 Å². The summed E-state index contributed by atoms with van der Waals surface area (Å²) >= 11 is 1.45. The SMILES string of the molecule is O=C(CCC(=O)N1C[C@]2(CCCO2)[C@H]1C1CC1)c1cccs1. The molecule has 3 fully saturated rings. The zero-order valence-electron chi connectivity index (χ0n) is 12.6. The number of ether oxygens (including phenoxy) is 1. The molecule has 1 aromatic heterocycles. The van der Waals surface area contributed by atoms with Gasteiger partial charge in [0.15, 0.2) is 5.78 Å². The van der Waals surface area contributed by atoms with Gasteiger partial charge < -0.3 is 9.64 Å². The first-order valence-corrected chi connectivity index (χ1v) is 9.08. The molecule has 0 radical (unpaired) electrons. The first-order chi connectivity index (χ1) is 10.7. The number of rotatable bonds is 5. The molecule has 1 aromatic rings. The number of carbonyl (C=O) groups is 2. The van der Waals surface area contributed by atoms with Gasteiger partial charge in [-0.3, -0.25) is 9.59 Å². The molecule has 2 aliphatic heterocycles. The smallest absolute Gasteiger partial charge is 0.223 e. The van der Waals surface area contributed by atoms with Crippen molar-refractivity contribution in [3.8, 4) is 0 Å². The summed E-state index contributed by atoms with van der Waals surface area (Å²) in [5.41, 5.74) is -0.0470. The Balaban J connectivity index is 1.36. The molecular weight excluding hydrogens is 298 g/mol. The minimum atomic E-state index is -0.0470. The van der Waals surface area contributed by atoms with E-state index in [1.165, 1.54) is 24.2 Å². The van der Waals surface area contributed by atoms with Gasteiger partial charge in [-0.05, 0) is 43.0 Å². The van der Waals surface area contributed by atoms with Crippen LogP contribution in [0.1, 0.15) is 48.2 Å². The molecule has 3 heterocycles. The van der Waals surface area contributed by atoms with E-state index in [1.54, 1.807) is 0 Å². The Morgan fingerprint density at radius 3 is 2.86 bits per heavy atom. The summed E-state index contributed by atoms with van der Waals surface area (Å²) in [4.78, 5) is 27.3. The van der Waals surface area contributed by atoms with Gasteiger partial charge in [0, 0.05) is 19.4 Å². The van der Waals surface area contributed by atoms with Gasteiger partial charge in [-0.15, -0.1) is 11.3 Å². The zero-order chi connectivity index (χ0) is 15.2. The van der Waals surface area contributed by atoms with Crippen molar-refractivity contribution in [2.24, 2.45) is 5.92 Å². The highest BCUT2D eigenvalue weighted by Crippen LogP contribution is 2.51. The Morgan fingerprint density at radius 1 is 1.36 bits per heavy atom. The van der Waals surface area contributed by atoms with E-state index < -0.39 is 0 Å². The fourth-order valence-electron chi connectivity index (χ4n) is 3.99. The molecule has 0 unspecified atom stereocenters. The van der Waals surface area contributed by atoms with Crippen LogP contribution in [0, 0.1) is 5.92 Å². The van der Waals surface area contributed by atoms with E-state index in [1.807, 2.05) is 22.4 Å². The Hall–Kier alpha value is -1.20. The predicted octanol–water partition coefficient (Wildman–Crippen LogP) is 2.88. The molecule has 5 heteroatoms. The lowest BCUT2D eigenvalue weighted by Gasteiger charge is -2.55. The van der Waals surface area contributed by atoms with Crippen molar-refractivity contribution in [3.63, 3.8) is 0 Å². The van der Waals surface area contributed by atoms with E-state index in [0.717, 1.165) is 30.9 Å². The van der Waals surface area contributed by atoms with Gasteiger partial charge in [0.05, 0.1) is 17.5 Å². The van der Waals surface area contributed by atoms with E-state index in [9.17, 15) is 9.59 Å². The van der Waals surface area contributed by atoms with Crippen LogP contribution in [0.5, 0.6) is 0 Å². The normalized spacial score (nSPS) is 30.5. The lowest BCUT2D eigenvalue weighted by molar-refractivity contribution is -0.184. The number of hydrogen-bond donors (Lipinski definition) is 0. The summed E-state index contributed by atoms with van der Waals surface area (Å²) in [5.74, 6) is 0.838. The van der Waals surface area contributed by atoms with E-state index in [0.29, 0.717) is 18.8 Å². The minimum absolute atomic E-state index is 0.0470. The van der Waals surface area contributed by atoms with Crippen LogP contribution in [0.2, 0.25) is 0 Å². The maximum atomic E-state index is 12.5. The van der Waals surface area contributed by atoms with Gasteiger partial charge in [0.25, 0.3) is 0 Å². The number of likely N-dealkylation sites (tertiary alicyclic amines) is 1. The third-order valence-corrected chi connectivity index (χ3v) is 6.11. The van der Waals surface area contributed by atoms with E-state index in [4.69, 9.17) is 4.74 Å². The number of Topliss-reactive ketones (excluding diaryl/α,β-unsaturated/α-hetero) is 1. The van der Waals surface area contributed by atoms with Crippen LogP contribution in [0.25, 0.3) is 0 Å². The molecule has 4 nitrogen and oxygen atoms in total. The van der Waals surface area contributed by atoms with Crippen LogP contribution < -0.4 is 0 Å². The highest BCUT2D eigenvalue weighted by atomic mass is 32.1. The van der Waals surface area contributed by atoms with Crippen molar-refractivity contribution in [2.45, 2.75) is 50.2 Å². The number of thiophene rings is 1. The molecule has 0 aromatic carbocycles. The van der Waals surface area contributed by atoms with E-state index >= 15 is 0 Å². The molecule has 1 spiro atoms. The fraction of sp³-hybridized carbons (Fsp3) is 0.647. The van der Waals surface area contributed by atoms with Crippen molar-refractivity contribution in [3.05, 3.63) is 22.4 Å². The van der Waals surface area contributed by atoms with Gasteiger partial charge in [-0.25, -0.2) is 0 Å². The Morgan fingerprint density at radius 2 is 2.23 bits per heavy atom. The molecule has 0 N–H and O–H groups in total. The second kappa shape index (κ2) is 5.46. The quantitative estimate of drug-likeness (QED) is 0.784. The Labute approximate surface area is 134 Å². The number of amides is 1. The molecule has 0 bridgehead atoms. The van der Waals surface area contributed by atoms with E-state index in [2.05, 4.69) is 0 Å². The van der Waals surface area contributed by atoms with Crippen LogP contribution in [0.4, 0.5) is 0 Å². The summed E-state index contributed by atoms with van der Waals surface area (Å²) in [6, 6.07) is 3.98. The number of nitrogens with zero attached hydrogens (tertiary/aromatic N) is 1. The molecular formula is C17H21NO3S. The Bertz CT molecular complexity index is 573. The van der Waals surface area contributed by atoms with Crippen LogP contribution in [-0.2, 0) is 9.53 Å². The molecule has 118 valence electrons.